The first-order chi connectivity index (χ1) is 15.1. The molecule has 1 saturated carbocycles. The Balaban J connectivity index is 1.83. The summed E-state index contributed by atoms with van der Waals surface area (Å²) in [6.45, 7) is 5.41. The molecular formula is C24H25N3O5. The van der Waals surface area contributed by atoms with Crippen molar-refractivity contribution < 1.29 is 14.7 Å². The van der Waals surface area contributed by atoms with E-state index in [1.807, 2.05) is 12.1 Å². The van der Waals surface area contributed by atoms with E-state index in [1.54, 1.807) is 32.9 Å². The van der Waals surface area contributed by atoms with E-state index in [-0.39, 0.29) is 30.3 Å². The summed E-state index contributed by atoms with van der Waals surface area (Å²) in [5.74, 6) is -1.50. The summed E-state index contributed by atoms with van der Waals surface area (Å²) in [6, 6.07) is 4.82. The fourth-order valence-electron chi connectivity index (χ4n) is 6.03. The molecule has 0 radical (unpaired) electrons. The molecule has 0 amide bonds. The van der Waals surface area contributed by atoms with Gasteiger partial charge in [-0.3, -0.25) is 9.59 Å². The topological polar surface area (TPSA) is 103 Å². The van der Waals surface area contributed by atoms with Crippen LogP contribution in [0.5, 0.6) is 5.75 Å². The average molecular weight is 435 g/mol. The monoisotopic (exact) mass is 435 g/mol. The third-order valence-corrected chi connectivity index (χ3v) is 7.68. The highest BCUT2D eigenvalue weighted by Crippen LogP contribution is 2.60. The van der Waals surface area contributed by atoms with E-state index < -0.39 is 34.7 Å². The first kappa shape index (κ1) is 20.5. The normalized spacial score (nSPS) is 29.1. The van der Waals surface area contributed by atoms with E-state index in [0.717, 1.165) is 10.1 Å². The Morgan fingerprint density at radius 2 is 1.81 bits per heavy atom. The molecule has 32 heavy (non-hydrogen) atoms. The van der Waals surface area contributed by atoms with Crippen molar-refractivity contribution in [1.82, 2.24) is 13.9 Å². The van der Waals surface area contributed by atoms with Crippen LogP contribution in [0.25, 0.3) is 0 Å². The van der Waals surface area contributed by atoms with Crippen molar-refractivity contribution in [3.05, 3.63) is 73.6 Å². The molecule has 1 aromatic carbocycles. The number of Topliss-reactive ketones (excluding diaryl/α,β-unsaturated/α-hetero) is 1. The molecule has 1 aliphatic heterocycles. The minimum Gasteiger partial charge on any atom is -0.507 e. The molecule has 0 bridgehead atoms. The lowest BCUT2D eigenvalue weighted by Crippen LogP contribution is -2.54. The number of benzene rings is 1. The Morgan fingerprint density at radius 3 is 2.53 bits per heavy atom. The number of ketones is 2. The minimum atomic E-state index is -1.11. The number of aromatic hydroxyl groups is 1. The van der Waals surface area contributed by atoms with Crippen LogP contribution < -0.4 is 11.4 Å². The largest absolute Gasteiger partial charge is 0.507 e. The number of hydrogen-bond donors (Lipinski definition) is 1. The van der Waals surface area contributed by atoms with Gasteiger partial charge in [0, 0.05) is 24.4 Å². The number of phenolic OH excluding ortho intramolecular Hbond substituents is 1. The first-order valence-electron chi connectivity index (χ1n) is 10.7. The molecule has 2 aliphatic carbocycles. The SMILES string of the molecule is CC1=CC(=O)[C@@H]2C[C@@H]3C(=CCn4c(=O)n(C)c(=O)n43)[C@H](c3cccc(C)c3O)[C@]2(C)C1=O. The molecule has 2 aromatic rings. The Kier molecular flexibility index (Phi) is 4.19. The lowest BCUT2D eigenvalue weighted by Gasteiger charge is -2.52. The van der Waals surface area contributed by atoms with Crippen LogP contribution in [-0.4, -0.2) is 30.6 Å². The second-order valence-electron chi connectivity index (χ2n) is 9.35. The Labute approximate surface area is 184 Å². The van der Waals surface area contributed by atoms with Gasteiger partial charge >= 0.3 is 11.4 Å². The third kappa shape index (κ3) is 2.37. The van der Waals surface area contributed by atoms with Crippen LogP contribution in [0, 0.1) is 18.3 Å². The standard InChI is InChI=1S/C24H25N3O5/c1-12-6-5-7-15(20(12)29)19-14-8-9-26-22(31)25(4)23(32)27(26)17(14)11-16-18(28)10-13(2)21(30)24(16,19)3/h5-8,10,16-17,19,29H,9,11H2,1-4H3/t16-,17+,19+,24+/m0/s1. The molecule has 1 N–H and O–H groups in total. The second kappa shape index (κ2) is 6.54. The summed E-state index contributed by atoms with van der Waals surface area (Å²) in [5.41, 5.74) is 0.423. The molecular weight excluding hydrogens is 410 g/mol. The summed E-state index contributed by atoms with van der Waals surface area (Å²) in [5, 5.41) is 11.0. The maximum absolute atomic E-state index is 13.6. The van der Waals surface area contributed by atoms with Crippen molar-refractivity contribution in [2.75, 3.05) is 0 Å². The number of para-hydroxylation sites is 1. The maximum atomic E-state index is 13.6. The molecule has 1 fully saturated rings. The van der Waals surface area contributed by atoms with Crippen molar-refractivity contribution in [2.24, 2.45) is 18.4 Å². The lowest BCUT2D eigenvalue weighted by atomic mass is 9.50. The van der Waals surface area contributed by atoms with Crippen LogP contribution in [0.4, 0.5) is 0 Å². The Morgan fingerprint density at radius 1 is 1.09 bits per heavy atom. The fraction of sp³-hybridized carbons (Fsp3) is 0.417. The van der Waals surface area contributed by atoms with Crippen LogP contribution in [0.3, 0.4) is 0 Å². The molecule has 0 spiro atoms. The van der Waals surface area contributed by atoms with Gasteiger partial charge in [0.15, 0.2) is 11.6 Å². The number of allylic oxidation sites excluding steroid dienone is 4. The molecule has 4 atom stereocenters. The van der Waals surface area contributed by atoms with Crippen molar-refractivity contribution in [2.45, 2.75) is 45.7 Å². The van der Waals surface area contributed by atoms with Crippen molar-refractivity contribution >= 4 is 11.6 Å². The van der Waals surface area contributed by atoms with Crippen LogP contribution in [0.15, 0.2) is 51.1 Å². The van der Waals surface area contributed by atoms with E-state index in [0.29, 0.717) is 16.7 Å². The highest BCUT2D eigenvalue weighted by molar-refractivity contribution is 6.13. The number of carbonyl (C=O) groups is 2. The van der Waals surface area contributed by atoms with Gasteiger partial charge in [-0.2, -0.15) is 0 Å². The maximum Gasteiger partial charge on any atom is 0.347 e. The van der Waals surface area contributed by atoms with Gasteiger partial charge in [0.05, 0.1) is 18.0 Å². The number of aromatic nitrogens is 3. The van der Waals surface area contributed by atoms with Gasteiger partial charge in [-0.05, 0) is 43.1 Å². The molecule has 8 nitrogen and oxygen atoms in total. The fourth-order valence-corrected chi connectivity index (χ4v) is 6.03. The van der Waals surface area contributed by atoms with Gasteiger partial charge in [0.25, 0.3) is 0 Å². The van der Waals surface area contributed by atoms with Gasteiger partial charge in [0.1, 0.15) is 5.75 Å². The Hall–Kier alpha value is -3.42. The predicted octanol–water partition coefficient (Wildman–Crippen LogP) is 1.75. The molecule has 0 saturated heterocycles. The van der Waals surface area contributed by atoms with E-state index in [9.17, 15) is 24.3 Å². The summed E-state index contributed by atoms with van der Waals surface area (Å²) in [6.07, 6.45) is 3.51. The summed E-state index contributed by atoms with van der Waals surface area (Å²) >= 11 is 0. The zero-order chi connectivity index (χ0) is 23.1. The number of phenols is 1. The van der Waals surface area contributed by atoms with Gasteiger partial charge in [0.2, 0.25) is 0 Å². The predicted molar refractivity (Wildman–Crippen MR) is 117 cm³/mol. The summed E-state index contributed by atoms with van der Waals surface area (Å²) in [4.78, 5) is 52.3. The zero-order valence-electron chi connectivity index (χ0n) is 18.5. The van der Waals surface area contributed by atoms with Crippen LogP contribution >= 0.6 is 0 Å². The number of hydrogen-bond acceptors (Lipinski definition) is 5. The van der Waals surface area contributed by atoms with E-state index in [4.69, 9.17) is 0 Å². The lowest BCUT2D eigenvalue weighted by molar-refractivity contribution is -0.139. The highest BCUT2D eigenvalue weighted by atomic mass is 16.3. The molecule has 5 rings (SSSR count). The van der Waals surface area contributed by atoms with Gasteiger partial charge in [-0.1, -0.05) is 31.2 Å². The number of aryl methyl sites for hydroxylation is 1. The van der Waals surface area contributed by atoms with Crippen LogP contribution in [-0.2, 0) is 23.2 Å². The second-order valence-corrected chi connectivity index (χ2v) is 9.35. The first-order valence-corrected chi connectivity index (χ1v) is 10.7. The van der Waals surface area contributed by atoms with E-state index in [2.05, 4.69) is 0 Å². The zero-order valence-corrected chi connectivity index (χ0v) is 18.5. The van der Waals surface area contributed by atoms with Gasteiger partial charge in [-0.25, -0.2) is 23.5 Å². The van der Waals surface area contributed by atoms with Crippen molar-refractivity contribution in [3.8, 4) is 5.75 Å². The van der Waals surface area contributed by atoms with E-state index >= 15 is 0 Å². The third-order valence-electron chi connectivity index (χ3n) is 7.68. The van der Waals surface area contributed by atoms with Gasteiger partial charge < -0.3 is 5.11 Å². The minimum absolute atomic E-state index is 0.0786. The Bertz CT molecular complexity index is 1390. The van der Waals surface area contributed by atoms with E-state index in [1.165, 1.54) is 22.5 Å². The molecule has 2 heterocycles. The van der Waals surface area contributed by atoms with Crippen molar-refractivity contribution in [1.29, 1.82) is 0 Å². The molecule has 1 aromatic heterocycles. The van der Waals surface area contributed by atoms with Crippen LogP contribution in [0.1, 0.15) is 43.4 Å². The quantitative estimate of drug-likeness (QED) is 0.688. The van der Waals surface area contributed by atoms with Gasteiger partial charge in [-0.15, -0.1) is 0 Å². The van der Waals surface area contributed by atoms with Crippen LogP contribution in [0.2, 0.25) is 0 Å². The number of carbonyl (C=O) groups excluding carboxylic acids is 2. The number of fused-ring (bicyclic) bond motifs is 4. The molecule has 8 heteroatoms. The highest BCUT2D eigenvalue weighted by Gasteiger charge is 2.59. The molecule has 3 aliphatic rings. The number of rotatable bonds is 1. The number of nitrogens with zero attached hydrogens (tertiary/aromatic N) is 3. The molecule has 0 unspecified atom stereocenters. The van der Waals surface area contributed by atoms with Crippen molar-refractivity contribution in [3.63, 3.8) is 0 Å². The average Bonchev–Trinajstić information content (AvgIpc) is 2.98. The smallest absolute Gasteiger partial charge is 0.347 e. The molecule has 166 valence electrons. The summed E-state index contributed by atoms with van der Waals surface area (Å²) < 4.78 is 3.85. The summed E-state index contributed by atoms with van der Waals surface area (Å²) in [7, 11) is 1.43.